The summed E-state index contributed by atoms with van der Waals surface area (Å²) in [4.78, 5) is 21.9. The van der Waals surface area contributed by atoms with E-state index in [1.165, 1.54) is 0 Å². The molecule has 10 heteroatoms. The second-order valence-corrected chi connectivity index (χ2v) is 5.61. The van der Waals surface area contributed by atoms with E-state index in [1.807, 2.05) is 0 Å². The quantitative estimate of drug-likeness (QED) is 0.113. The highest BCUT2D eigenvalue weighted by Gasteiger charge is 2.06. The summed E-state index contributed by atoms with van der Waals surface area (Å²) in [6, 6.07) is 0. The molecule has 0 rings (SSSR count). The average molecular weight is 434 g/mol. The Morgan fingerprint density at radius 1 is 0.600 bits per heavy atom. The summed E-state index contributed by atoms with van der Waals surface area (Å²) in [6.45, 7) is 13.8. The number of esters is 2. The van der Waals surface area contributed by atoms with E-state index in [0.717, 1.165) is 12.2 Å². The van der Waals surface area contributed by atoms with E-state index in [-0.39, 0.29) is 0 Å². The normalized spacial score (nSPS) is 12.7. The van der Waals surface area contributed by atoms with Gasteiger partial charge in [0.2, 0.25) is 12.6 Å². The molecule has 0 bridgehead atoms. The fourth-order valence-electron chi connectivity index (χ4n) is 1.80. The maximum absolute atomic E-state index is 10.9. The molecule has 0 aromatic carbocycles. The third-order valence-corrected chi connectivity index (χ3v) is 3.17. The van der Waals surface area contributed by atoms with E-state index in [2.05, 4.69) is 13.2 Å². The number of hydrogen-bond donors (Lipinski definition) is 0. The van der Waals surface area contributed by atoms with Crippen molar-refractivity contribution in [3.63, 3.8) is 0 Å². The molecule has 0 radical (unpaired) electrons. The Morgan fingerprint density at radius 3 is 1.13 bits per heavy atom. The highest BCUT2D eigenvalue weighted by Crippen LogP contribution is 1.96. The minimum absolute atomic E-state index is 0.304. The van der Waals surface area contributed by atoms with Gasteiger partial charge in [0, 0.05) is 12.2 Å². The molecule has 10 nitrogen and oxygen atoms in total. The molecule has 0 spiro atoms. The molecule has 2 unspecified atom stereocenters. The minimum Gasteiger partial charge on any atom is -0.433 e. The standard InChI is InChI=1S/C20H34O10/c1-5-19(21)29-17(3)27-15-13-25-11-9-23-7-8-24-10-12-26-14-16-28-18(4)30-20(22)6-2/h5-6,17-18H,1-2,7-16H2,3-4H3. The van der Waals surface area contributed by atoms with E-state index in [9.17, 15) is 9.59 Å². The first-order valence-corrected chi connectivity index (χ1v) is 9.69. The Morgan fingerprint density at radius 2 is 0.867 bits per heavy atom. The van der Waals surface area contributed by atoms with Crippen LogP contribution in [0.15, 0.2) is 25.3 Å². The first-order valence-electron chi connectivity index (χ1n) is 9.69. The molecule has 0 aromatic rings. The molecule has 0 saturated heterocycles. The first-order chi connectivity index (χ1) is 14.5. The molecule has 0 amide bonds. The number of ether oxygens (including phenoxy) is 8. The molecule has 174 valence electrons. The van der Waals surface area contributed by atoms with Crippen LogP contribution in [0, 0.1) is 0 Å². The SMILES string of the molecule is C=CC(=O)OC(C)OCCOCCOCCOCCOCCOC(C)OC(=O)C=C. The minimum atomic E-state index is -0.644. The molecule has 0 aliphatic carbocycles. The molecule has 0 aliphatic rings. The van der Waals surface area contributed by atoms with Crippen LogP contribution in [0.5, 0.6) is 0 Å². The largest absolute Gasteiger partial charge is 0.433 e. The second-order valence-electron chi connectivity index (χ2n) is 5.61. The maximum atomic E-state index is 10.9. The van der Waals surface area contributed by atoms with Crippen LogP contribution in [0.3, 0.4) is 0 Å². The number of carbonyl (C=O) groups excluding carboxylic acids is 2. The van der Waals surface area contributed by atoms with Crippen molar-refractivity contribution in [2.75, 3.05) is 66.1 Å². The van der Waals surface area contributed by atoms with Gasteiger partial charge in [-0.2, -0.15) is 0 Å². The molecule has 0 saturated carbocycles. The van der Waals surface area contributed by atoms with Gasteiger partial charge < -0.3 is 37.9 Å². The summed E-state index contributed by atoms with van der Waals surface area (Å²) >= 11 is 0. The molecule has 0 aliphatic heterocycles. The first kappa shape index (κ1) is 28.2. The molecule has 0 fully saturated rings. The Labute approximate surface area is 178 Å². The third kappa shape index (κ3) is 19.5. The maximum Gasteiger partial charge on any atom is 0.332 e. The van der Waals surface area contributed by atoms with Crippen molar-refractivity contribution in [2.45, 2.75) is 26.4 Å². The van der Waals surface area contributed by atoms with Crippen LogP contribution in [-0.2, 0) is 47.5 Å². The van der Waals surface area contributed by atoms with Crippen LogP contribution in [0.1, 0.15) is 13.8 Å². The predicted octanol–water partition coefficient (Wildman–Crippen LogP) is 1.24. The summed E-state index contributed by atoms with van der Waals surface area (Å²) < 4.78 is 41.5. The Hall–Kier alpha value is -1.82. The Kier molecular flexibility index (Phi) is 19.2. The topological polar surface area (TPSA) is 108 Å². The monoisotopic (exact) mass is 434 g/mol. The van der Waals surface area contributed by atoms with Crippen LogP contribution in [-0.4, -0.2) is 90.6 Å². The van der Waals surface area contributed by atoms with Gasteiger partial charge in [-0.15, -0.1) is 0 Å². The fourth-order valence-corrected chi connectivity index (χ4v) is 1.80. The summed E-state index contributed by atoms with van der Waals surface area (Å²) in [5.41, 5.74) is 0. The lowest BCUT2D eigenvalue weighted by Crippen LogP contribution is -2.20. The van der Waals surface area contributed by atoms with E-state index in [4.69, 9.17) is 37.9 Å². The number of rotatable bonds is 21. The van der Waals surface area contributed by atoms with Crippen LogP contribution < -0.4 is 0 Å². The summed E-state index contributed by atoms with van der Waals surface area (Å²) in [6.07, 6.45) is 0.868. The lowest BCUT2D eigenvalue weighted by molar-refractivity contribution is -0.172. The van der Waals surface area contributed by atoms with Crippen LogP contribution >= 0.6 is 0 Å². The number of carbonyl (C=O) groups is 2. The molecule has 2 atom stereocenters. The van der Waals surface area contributed by atoms with Crippen molar-refractivity contribution in [1.29, 1.82) is 0 Å². The van der Waals surface area contributed by atoms with Crippen molar-refractivity contribution in [2.24, 2.45) is 0 Å². The van der Waals surface area contributed by atoms with E-state index in [1.54, 1.807) is 13.8 Å². The lowest BCUT2D eigenvalue weighted by Gasteiger charge is -2.13. The van der Waals surface area contributed by atoms with Gasteiger partial charge in [0.05, 0.1) is 66.1 Å². The highest BCUT2D eigenvalue weighted by molar-refractivity contribution is 5.81. The molecule has 0 aromatic heterocycles. The summed E-state index contributed by atoms with van der Waals surface area (Å²) in [5, 5.41) is 0. The van der Waals surface area contributed by atoms with Gasteiger partial charge in [-0.25, -0.2) is 9.59 Å². The van der Waals surface area contributed by atoms with Crippen molar-refractivity contribution in [1.82, 2.24) is 0 Å². The van der Waals surface area contributed by atoms with Crippen LogP contribution in [0.2, 0.25) is 0 Å². The Bertz CT molecular complexity index is 427. The van der Waals surface area contributed by atoms with Gasteiger partial charge in [0.15, 0.2) is 0 Å². The van der Waals surface area contributed by atoms with Gasteiger partial charge in [-0.05, 0) is 13.8 Å². The Balaban J connectivity index is 3.23. The number of hydrogen-bond acceptors (Lipinski definition) is 10. The van der Waals surface area contributed by atoms with Gasteiger partial charge in [-0.1, -0.05) is 13.2 Å². The third-order valence-electron chi connectivity index (χ3n) is 3.17. The molecular weight excluding hydrogens is 400 g/mol. The zero-order valence-electron chi connectivity index (χ0n) is 17.9. The van der Waals surface area contributed by atoms with Crippen molar-refractivity contribution in [3.8, 4) is 0 Å². The van der Waals surface area contributed by atoms with Gasteiger partial charge in [0.1, 0.15) is 0 Å². The van der Waals surface area contributed by atoms with E-state index < -0.39 is 24.5 Å². The molecule has 30 heavy (non-hydrogen) atoms. The predicted molar refractivity (Wildman–Crippen MR) is 107 cm³/mol. The zero-order chi connectivity index (χ0) is 22.5. The average Bonchev–Trinajstić information content (AvgIpc) is 2.73. The highest BCUT2D eigenvalue weighted by atomic mass is 16.7. The second kappa shape index (κ2) is 20.5. The van der Waals surface area contributed by atoms with Crippen molar-refractivity contribution >= 4 is 11.9 Å². The molecular formula is C20H34O10. The summed E-state index contributed by atoms with van der Waals surface area (Å²) in [5.74, 6) is -1.06. The van der Waals surface area contributed by atoms with Crippen LogP contribution in [0.4, 0.5) is 0 Å². The zero-order valence-corrected chi connectivity index (χ0v) is 17.9. The lowest BCUT2D eigenvalue weighted by atomic mass is 10.6. The fraction of sp³-hybridized carbons (Fsp3) is 0.700. The summed E-state index contributed by atoms with van der Waals surface area (Å²) in [7, 11) is 0. The van der Waals surface area contributed by atoms with Gasteiger partial charge >= 0.3 is 11.9 Å². The smallest absolute Gasteiger partial charge is 0.332 e. The molecule has 0 heterocycles. The van der Waals surface area contributed by atoms with Crippen LogP contribution in [0.25, 0.3) is 0 Å². The van der Waals surface area contributed by atoms with E-state index >= 15 is 0 Å². The van der Waals surface area contributed by atoms with E-state index in [0.29, 0.717) is 66.1 Å². The van der Waals surface area contributed by atoms with Crippen molar-refractivity contribution < 1.29 is 47.5 Å². The van der Waals surface area contributed by atoms with Gasteiger partial charge in [-0.3, -0.25) is 0 Å². The van der Waals surface area contributed by atoms with Crippen molar-refractivity contribution in [3.05, 3.63) is 25.3 Å². The molecule has 0 N–H and O–H groups in total. The van der Waals surface area contributed by atoms with Gasteiger partial charge in [0.25, 0.3) is 0 Å².